The van der Waals surface area contributed by atoms with Gasteiger partial charge >= 0.3 is 0 Å². The number of halogens is 1. The van der Waals surface area contributed by atoms with Gasteiger partial charge in [-0.3, -0.25) is 9.78 Å². The van der Waals surface area contributed by atoms with Crippen LogP contribution in [0.2, 0.25) is 0 Å². The smallest absolute Gasteiger partial charge is 0.292 e. The second-order valence-corrected chi connectivity index (χ2v) is 5.36. The fourth-order valence-electron chi connectivity index (χ4n) is 2.42. The van der Waals surface area contributed by atoms with E-state index < -0.39 is 11.4 Å². The van der Waals surface area contributed by atoms with Gasteiger partial charge in [0.2, 0.25) is 11.3 Å². The standard InChI is InChI=1S/C17H9FN6O2/c18-13-6-3-10(7-11(13)8-19)9-1-4-12(5-2-9)20-16-17(25)22-15-14(21-16)23-26-24-15/h1-7H,(H,20,21,23)(H,22,24,25). The van der Waals surface area contributed by atoms with Gasteiger partial charge in [-0.1, -0.05) is 18.2 Å². The molecule has 9 heteroatoms. The highest BCUT2D eigenvalue weighted by atomic mass is 19.1. The van der Waals surface area contributed by atoms with Gasteiger partial charge in [0.15, 0.2) is 5.82 Å². The zero-order valence-corrected chi connectivity index (χ0v) is 13.0. The fraction of sp³-hybridized carbons (Fsp3) is 0. The first-order valence-corrected chi connectivity index (χ1v) is 7.44. The second kappa shape index (κ2) is 6.10. The zero-order chi connectivity index (χ0) is 18.1. The van der Waals surface area contributed by atoms with Crippen molar-refractivity contribution in [2.24, 2.45) is 0 Å². The Bertz CT molecular complexity index is 1210. The first kappa shape index (κ1) is 15.5. The predicted molar refractivity (Wildman–Crippen MR) is 90.1 cm³/mol. The molecule has 0 saturated heterocycles. The van der Waals surface area contributed by atoms with Crippen LogP contribution in [0, 0.1) is 17.1 Å². The van der Waals surface area contributed by atoms with Crippen LogP contribution in [-0.2, 0) is 0 Å². The lowest BCUT2D eigenvalue weighted by atomic mass is 10.0. The van der Waals surface area contributed by atoms with Gasteiger partial charge in [0, 0.05) is 5.69 Å². The second-order valence-electron chi connectivity index (χ2n) is 5.36. The summed E-state index contributed by atoms with van der Waals surface area (Å²) in [6.45, 7) is 0. The highest BCUT2D eigenvalue weighted by Crippen LogP contribution is 2.24. The summed E-state index contributed by atoms with van der Waals surface area (Å²) in [6, 6.07) is 13.2. The summed E-state index contributed by atoms with van der Waals surface area (Å²) in [4.78, 5) is 18.5. The topological polar surface area (TPSA) is 120 Å². The lowest BCUT2D eigenvalue weighted by Gasteiger charge is -2.07. The molecule has 4 aromatic rings. The molecule has 0 atom stereocenters. The summed E-state index contributed by atoms with van der Waals surface area (Å²) in [6.07, 6.45) is 0. The molecule has 0 bridgehead atoms. The minimum atomic E-state index is -0.558. The molecule has 0 aliphatic carbocycles. The number of fused-ring (bicyclic) bond motifs is 1. The highest BCUT2D eigenvalue weighted by Gasteiger charge is 2.09. The molecule has 2 heterocycles. The Hall–Kier alpha value is -4.06. The number of rotatable bonds is 3. The van der Waals surface area contributed by atoms with E-state index in [1.807, 2.05) is 6.07 Å². The molecule has 0 aliphatic rings. The zero-order valence-electron chi connectivity index (χ0n) is 13.0. The summed E-state index contributed by atoms with van der Waals surface area (Å²) < 4.78 is 17.9. The van der Waals surface area contributed by atoms with Crippen LogP contribution in [0.3, 0.4) is 0 Å². The fourth-order valence-corrected chi connectivity index (χ4v) is 2.42. The molecule has 4 rings (SSSR count). The van der Waals surface area contributed by atoms with Gasteiger partial charge < -0.3 is 5.32 Å². The Labute approximate surface area is 144 Å². The third-order valence-corrected chi connectivity index (χ3v) is 3.70. The van der Waals surface area contributed by atoms with E-state index in [1.54, 1.807) is 30.3 Å². The number of nitrogens with zero attached hydrogens (tertiary/aromatic N) is 4. The Morgan fingerprint density at radius 2 is 1.88 bits per heavy atom. The molecule has 0 unspecified atom stereocenters. The van der Waals surface area contributed by atoms with E-state index in [4.69, 9.17) is 5.26 Å². The number of anilines is 2. The van der Waals surface area contributed by atoms with Crippen molar-refractivity contribution >= 4 is 22.8 Å². The minimum absolute atomic E-state index is 0.0186. The Morgan fingerprint density at radius 3 is 2.65 bits per heavy atom. The average molecular weight is 348 g/mol. The third-order valence-electron chi connectivity index (χ3n) is 3.70. The van der Waals surface area contributed by atoms with Crippen molar-refractivity contribution in [3.05, 3.63) is 64.2 Å². The molecule has 2 N–H and O–H groups in total. The summed E-state index contributed by atoms with van der Waals surface area (Å²) in [7, 11) is 0. The molecule has 0 radical (unpaired) electrons. The molecule has 0 aliphatic heterocycles. The maximum Gasteiger partial charge on any atom is 0.292 e. The van der Waals surface area contributed by atoms with Gasteiger partial charge in [-0.15, -0.1) is 0 Å². The normalized spacial score (nSPS) is 10.6. The molecular formula is C17H9FN6O2. The lowest BCUT2D eigenvalue weighted by molar-refractivity contribution is 0.314. The quantitative estimate of drug-likeness (QED) is 0.584. The molecule has 26 heavy (non-hydrogen) atoms. The third kappa shape index (κ3) is 2.76. The number of hydrogen-bond acceptors (Lipinski definition) is 7. The number of nitrogens with one attached hydrogen (secondary N) is 2. The Balaban J connectivity index is 1.62. The van der Waals surface area contributed by atoms with Gasteiger partial charge in [-0.05, 0) is 45.7 Å². The van der Waals surface area contributed by atoms with Crippen molar-refractivity contribution in [2.45, 2.75) is 0 Å². The molecule has 0 fully saturated rings. The van der Waals surface area contributed by atoms with Crippen LogP contribution in [-0.4, -0.2) is 20.3 Å². The number of nitriles is 1. The van der Waals surface area contributed by atoms with Crippen LogP contribution in [0.15, 0.2) is 51.9 Å². The number of hydrogen-bond donors (Lipinski definition) is 2. The highest BCUT2D eigenvalue weighted by molar-refractivity contribution is 5.70. The van der Waals surface area contributed by atoms with Gasteiger partial charge in [-0.2, -0.15) is 10.2 Å². The number of H-pyrrole nitrogens is 1. The van der Waals surface area contributed by atoms with E-state index in [9.17, 15) is 9.18 Å². The molecule has 126 valence electrons. The summed E-state index contributed by atoms with van der Waals surface area (Å²) in [5, 5.41) is 18.9. The number of aromatic amines is 1. The monoisotopic (exact) mass is 348 g/mol. The minimum Gasteiger partial charge on any atom is -0.336 e. The molecule has 2 aromatic carbocycles. The summed E-state index contributed by atoms with van der Waals surface area (Å²) >= 11 is 0. The Kier molecular flexibility index (Phi) is 3.63. The number of benzene rings is 2. The molecular weight excluding hydrogens is 339 g/mol. The van der Waals surface area contributed by atoms with E-state index in [2.05, 4.69) is 30.2 Å². The van der Waals surface area contributed by atoms with Crippen LogP contribution in [0.1, 0.15) is 5.56 Å². The average Bonchev–Trinajstić information content (AvgIpc) is 3.10. The maximum absolute atomic E-state index is 13.4. The molecule has 2 aromatic heterocycles. The molecule has 0 spiro atoms. The largest absolute Gasteiger partial charge is 0.336 e. The van der Waals surface area contributed by atoms with Crippen LogP contribution < -0.4 is 10.9 Å². The van der Waals surface area contributed by atoms with Crippen LogP contribution in [0.4, 0.5) is 15.9 Å². The molecule has 0 amide bonds. The Morgan fingerprint density at radius 1 is 1.12 bits per heavy atom. The first-order chi connectivity index (χ1) is 12.6. The van der Waals surface area contributed by atoms with E-state index >= 15 is 0 Å². The predicted octanol–water partition coefficient (Wildman–Crippen LogP) is 2.73. The maximum atomic E-state index is 13.4. The van der Waals surface area contributed by atoms with Crippen molar-refractivity contribution in [2.75, 3.05) is 5.32 Å². The van der Waals surface area contributed by atoms with Crippen LogP contribution in [0.5, 0.6) is 0 Å². The van der Waals surface area contributed by atoms with Crippen molar-refractivity contribution in [3.8, 4) is 17.2 Å². The van der Waals surface area contributed by atoms with Gasteiger partial charge in [-0.25, -0.2) is 9.02 Å². The molecule has 0 saturated carbocycles. The van der Waals surface area contributed by atoms with Crippen molar-refractivity contribution in [1.29, 1.82) is 5.26 Å². The SMILES string of the molecule is N#Cc1cc(-c2ccc(Nc3nc4nonc4[nH]c3=O)cc2)ccc1F. The summed E-state index contributed by atoms with van der Waals surface area (Å²) in [5.74, 6) is -0.507. The van der Waals surface area contributed by atoms with Gasteiger partial charge in [0.05, 0.1) is 5.56 Å². The molecule has 8 nitrogen and oxygen atoms in total. The van der Waals surface area contributed by atoms with Crippen molar-refractivity contribution in [1.82, 2.24) is 20.3 Å². The van der Waals surface area contributed by atoms with E-state index in [0.717, 1.165) is 5.56 Å². The van der Waals surface area contributed by atoms with Gasteiger partial charge in [0.25, 0.3) is 5.56 Å². The first-order valence-electron chi connectivity index (χ1n) is 7.44. The summed E-state index contributed by atoms with van der Waals surface area (Å²) in [5.41, 5.74) is 1.99. The van der Waals surface area contributed by atoms with E-state index in [1.165, 1.54) is 12.1 Å². The van der Waals surface area contributed by atoms with E-state index in [0.29, 0.717) is 11.3 Å². The van der Waals surface area contributed by atoms with Crippen LogP contribution >= 0.6 is 0 Å². The van der Waals surface area contributed by atoms with E-state index in [-0.39, 0.29) is 22.7 Å². The number of aromatic nitrogens is 4. The van der Waals surface area contributed by atoms with Crippen LogP contribution in [0.25, 0.3) is 22.4 Å². The van der Waals surface area contributed by atoms with Gasteiger partial charge in [0.1, 0.15) is 11.9 Å². The van der Waals surface area contributed by atoms with Crippen molar-refractivity contribution in [3.63, 3.8) is 0 Å². The lowest BCUT2D eigenvalue weighted by Crippen LogP contribution is -2.13. The van der Waals surface area contributed by atoms with Crippen molar-refractivity contribution < 1.29 is 9.02 Å².